The van der Waals surface area contributed by atoms with Crippen molar-refractivity contribution in [2.75, 3.05) is 7.11 Å². The Morgan fingerprint density at radius 2 is 2.18 bits per heavy atom. The zero-order valence-electron chi connectivity index (χ0n) is 9.18. The SMILES string of the molecule is COc1cnccc1C(=O)c1cccc(Cl)c1. The van der Waals surface area contributed by atoms with Gasteiger partial charge >= 0.3 is 0 Å². The lowest BCUT2D eigenvalue weighted by molar-refractivity contribution is 0.103. The van der Waals surface area contributed by atoms with Crippen LogP contribution in [0.1, 0.15) is 15.9 Å². The Bertz CT molecular complexity index is 555. The number of ketones is 1. The Balaban J connectivity index is 2.44. The van der Waals surface area contributed by atoms with E-state index in [1.165, 1.54) is 13.3 Å². The van der Waals surface area contributed by atoms with Crippen molar-refractivity contribution in [3.05, 3.63) is 58.9 Å². The highest BCUT2D eigenvalue weighted by Crippen LogP contribution is 2.21. The highest BCUT2D eigenvalue weighted by molar-refractivity contribution is 6.31. The Morgan fingerprint density at radius 1 is 1.35 bits per heavy atom. The van der Waals surface area contributed by atoms with E-state index in [0.29, 0.717) is 21.9 Å². The third-order valence-electron chi connectivity index (χ3n) is 2.34. The lowest BCUT2D eigenvalue weighted by atomic mass is 10.0. The van der Waals surface area contributed by atoms with Crippen molar-refractivity contribution in [2.45, 2.75) is 0 Å². The summed E-state index contributed by atoms with van der Waals surface area (Å²) in [5, 5.41) is 0.531. The standard InChI is InChI=1S/C13H10ClNO2/c1-17-12-8-15-6-5-11(12)13(16)9-3-2-4-10(14)7-9/h2-8H,1H3. The summed E-state index contributed by atoms with van der Waals surface area (Å²) in [6.45, 7) is 0. The number of halogens is 1. The van der Waals surface area contributed by atoms with E-state index in [2.05, 4.69) is 4.98 Å². The molecule has 0 amide bonds. The van der Waals surface area contributed by atoms with Gasteiger partial charge in [0.1, 0.15) is 5.75 Å². The van der Waals surface area contributed by atoms with E-state index in [1.54, 1.807) is 36.5 Å². The number of benzene rings is 1. The van der Waals surface area contributed by atoms with Gasteiger partial charge in [0.05, 0.1) is 18.9 Å². The monoisotopic (exact) mass is 247 g/mol. The molecule has 0 N–H and O–H groups in total. The molecule has 0 aliphatic heterocycles. The molecule has 1 heterocycles. The van der Waals surface area contributed by atoms with Gasteiger partial charge < -0.3 is 4.74 Å². The maximum atomic E-state index is 12.2. The maximum absolute atomic E-state index is 12.2. The molecule has 0 aliphatic carbocycles. The first-order chi connectivity index (χ1) is 8.22. The van der Waals surface area contributed by atoms with E-state index in [9.17, 15) is 4.79 Å². The average molecular weight is 248 g/mol. The van der Waals surface area contributed by atoms with Crippen LogP contribution in [0.25, 0.3) is 0 Å². The molecule has 4 heteroatoms. The van der Waals surface area contributed by atoms with Gasteiger partial charge in [-0.05, 0) is 18.2 Å². The van der Waals surface area contributed by atoms with Crippen LogP contribution >= 0.6 is 11.6 Å². The van der Waals surface area contributed by atoms with Gasteiger partial charge in [0.25, 0.3) is 0 Å². The van der Waals surface area contributed by atoms with Crippen molar-refractivity contribution in [2.24, 2.45) is 0 Å². The molecule has 0 aliphatic rings. The molecule has 86 valence electrons. The average Bonchev–Trinajstić information content (AvgIpc) is 2.38. The number of ether oxygens (including phenoxy) is 1. The van der Waals surface area contributed by atoms with Gasteiger partial charge in [0, 0.05) is 16.8 Å². The Morgan fingerprint density at radius 3 is 2.88 bits per heavy atom. The molecular formula is C13H10ClNO2. The number of carbonyl (C=O) groups is 1. The molecule has 0 spiro atoms. The summed E-state index contributed by atoms with van der Waals surface area (Å²) in [7, 11) is 1.51. The largest absolute Gasteiger partial charge is 0.494 e. The molecule has 3 nitrogen and oxygen atoms in total. The highest BCUT2D eigenvalue weighted by atomic mass is 35.5. The predicted octanol–water partition coefficient (Wildman–Crippen LogP) is 2.97. The second kappa shape index (κ2) is 4.97. The smallest absolute Gasteiger partial charge is 0.196 e. The molecule has 0 radical (unpaired) electrons. The molecule has 17 heavy (non-hydrogen) atoms. The molecule has 0 atom stereocenters. The van der Waals surface area contributed by atoms with E-state index in [4.69, 9.17) is 16.3 Å². The molecule has 1 aromatic heterocycles. The number of nitrogens with zero attached hydrogens (tertiary/aromatic N) is 1. The molecular weight excluding hydrogens is 238 g/mol. The number of methoxy groups -OCH3 is 1. The van der Waals surface area contributed by atoms with Gasteiger partial charge in [-0.3, -0.25) is 9.78 Å². The van der Waals surface area contributed by atoms with E-state index < -0.39 is 0 Å². The molecule has 0 fully saturated rings. The Hall–Kier alpha value is -1.87. The van der Waals surface area contributed by atoms with Gasteiger partial charge in [-0.25, -0.2) is 0 Å². The molecule has 0 unspecified atom stereocenters. The number of hydrogen-bond donors (Lipinski definition) is 0. The maximum Gasteiger partial charge on any atom is 0.196 e. The summed E-state index contributed by atoms with van der Waals surface area (Å²) in [6, 6.07) is 8.44. The fourth-order valence-corrected chi connectivity index (χ4v) is 1.71. The predicted molar refractivity (Wildman–Crippen MR) is 65.7 cm³/mol. The minimum atomic E-state index is -0.133. The number of aromatic nitrogens is 1. The third kappa shape index (κ3) is 2.45. The lowest BCUT2D eigenvalue weighted by Crippen LogP contribution is -2.04. The van der Waals surface area contributed by atoms with Crippen LogP contribution in [-0.4, -0.2) is 17.9 Å². The summed E-state index contributed by atoms with van der Waals surface area (Å²) >= 11 is 5.85. The third-order valence-corrected chi connectivity index (χ3v) is 2.57. The number of carbonyl (C=O) groups excluding carboxylic acids is 1. The molecule has 2 rings (SSSR count). The zero-order chi connectivity index (χ0) is 12.3. The second-order valence-electron chi connectivity index (χ2n) is 3.42. The lowest BCUT2D eigenvalue weighted by Gasteiger charge is -2.06. The topological polar surface area (TPSA) is 39.2 Å². The normalized spacial score (nSPS) is 10.0. The van der Waals surface area contributed by atoms with Crippen LogP contribution in [-0.2, 0) is 0 Å². The number of rotatable bonds is 3. The first kappa shape index (κ1) is 11.6. The van der Waals surface area contributed by atoms with Crippen LogP contribution in [0, 0.1) is 0 Å². The first-order valence-corrected chi connectivity index (χ1v) is 5.38. The molecule has 0 saturated carbocycles. The Labute approximate surface area is 104 Å². The fourth-order valence-electron chi connectivity index (χ4n) is 1.52. The van der Waals surface area contributed by atoms with Crippen molar-refractivity contribution < 1.29 is 9.53 Å². The van der Waals surface area contributed by atoms with Gasteiger partial charge in [0.2, 0.25) is 0 Å². The van der Waals surface area contributed by atoms with Crippen LogP contribution in [0.3, 0.4) is 0 Å². The van der Waals surface area contributed by atoms with Crippen LogP contribution < -0.4 is 4.74 Å². The molecule has 0 saturated heterocycles. The summed E-state index contributed by atoms with van der Waals surface area (Å²) in [4.78, 5) is 16.1. The number of hydrogen-bond acceptors (Lipinski definition) is 3. The molecule has 1 aromatic carbocycles. The van der Waals surface area contributed by atoms with Crippen LogP contribution in [0.2, 0.25) is 5.02 Å². The minimum Gasteiger partial charge on any atom is -0.494 e. The van der Waals surface area contributed by atoms with Crippen LogP contribution in [0.5, 0.6) is 5.75 Å². The summed E-state index contributed by atoms with van der Waals surface area (Å²) < 4.78 is 5.10. The van der Waals surface area contributed by atoms with E-state index in [-0.39, 0.29) is 5.78 Å². The van der Waals surface area contributed by atoms with Crippen LogP contribution in [0.15, 0.2) is 42.7 Å². The van der Waals surface area contributed by atoms with Crippen molar-refractivity contribution in [3.63, 3.8) is 0 Å². The molecule has 0 bridgehead atoms. The van der Waals surface area contributed by atoms with Gasteiger partial charge in [-0.1, -0.05) is 23.7 Å². The van der Waals surface area contributed by atoms with Crippen molar-refractivity contribution >= 4 is 17.4 Å². The number of pyridine rings is 1. The van der Waals surface area contributed by atoms with E-state index >= 15 is 0 Å². The zero-order valence-corrected chi connectivity index (χ0v) is 9.94. The summed E-state index contributed by atoms with van der Waals surface area (Å²) in [5.41, 5.74) is 1.01. The van der Waals surface area contributed by atoms with Crippen molar-refractivity contribution in [1.82, 2.24) is 4.98 Å². The van der Waals surface area contributed by atoms with Gasteiger partial charge in [0.15, 0.2) is 5.78 Å². The summed E-state index contributed by atoms with van der Waals surface area (Å²) in [5.74, 6) is 0.323. The minimum absolute atomic E-state index is 0.133. The van der Waals surface area contributed by atoms with Gasteiger partial charge in [-0.2, -0.15) is 0 Å². The quantitative estimate of drug-likeness (QED) is 0.783. The Kier molecular flexibility index (Phi) is 3.40. The highest BCUT2D eigenvalue weighted by Gasteiger charge is 2.14. The van der Waals surface area contributed by atoms with Crippen molar-refractivity contribution in [3.8, 4) is 5.75 Å². The van der Waals surface area contributed by atoms with E-state index in [1.807, 2.05) is 0 Å². The van der Waals surface area contributed by atoms with Gasteiger partial charge in [-0.15, -0.1) is 0 Å². The fraction of sp³-hybridized carbons (Fsp3) is 0.0769. The van der Waals surface area contributed by atoms with E-state index in [0.717, 1.165) is 0 Å². The molecule has 2 aromatic rings. The first-order valence-electron chi connectivity index (χ1n) is 5.00. The van der Waals surface area contributed by atoms with Crippen molar-refractivity contribution in [1.29, 1.82) is 0 Å². The second-order valence-corrected chi connectivity index (χ2v) is 3.85. The van der Waals surface area contributed by atoms with Crippen LogP contribution in [0.4, 0.5) is 0 Å². The summed E-state index contributed by atoms with van der Waals surface area (Å²) in [6.07, 6.45) is 3.07.